The second kappa shape index (κ2) is 3.29. The lowest BCUT2D eigenvalue weighted by atomic mass is 9.72. The van der Waals surface area contributed by atoms with Crippen LogP contribution in [0.15, 0.2) is 0 Å². The average molecular weight is 183 g/mol. The van der Waals surface area contributed by atoms with Gasteiger partial charge in [-0.15, -0.1) is 0 Å². The maximum atomic E-state index is 11.4. The van der Waals surface area contributed by atoms with Gasteiger partial charge in [0.15, 0.2) is 0 Å². The van der Waals surface area contributed by atoms with Crippen molar-refractivity contribution in [2.45, 2.75) is 32.2 Å². The van der Waals surface area contributed by atoms with Crippen LogP contribution in [0.1, 0.15) is 26.2 Å². The van der Waals surface area contributed by atoms with Gasteiger partial charge in [0.25, 0.3) is 0 Å². The van der Waals surface area contributed by atoms with Crippen LogP contribution in [0.25, 0.3) is 0 Å². The minimum Gasteiger partial charge on any atom is -0.466 e. The van der Waals surface area contributed by atoms with E-state index in [1.807, 2.05) is 6.92 Å². The maximum Gasteiger partial charge on any atom is 0.308 e. The van der Waals surface area contributed by atoms with E-state index in [-0.39, 0.29) is 11.9 Å². The Balaban J connectivity index is 1.87. The van der Waals surface area contributed by atoms with Crippen molar-refractivity contribution < 1.29 is 9.53 Å². The molecule has 13 heavy (non-hydrogen) atoms. The first-order chi connectivity index (χ1) is 6.22. The number of ether oxygens (including phenoxy) is 1. The molecular formula is C10H17NO2. The molecule has 2 aliphatic carbocycles. The fraction of sp³-hybridized carbons (Fsp3) is 0.900. The lowest BCUT2D eigenvalue weighted by Gasteiger charge is -2.37. The number of carbonyl (C=O) groups is 1. The molecule has 0 radical (unpaired) electrons. The van der Waals surface area contributed by atoms with Gasteiger partial charge in [0.2, 0.25) is 0 Å². The number of fused-ring (bicyclic) bond motifs is 1. The first-order valence-corrected chi connectivity index (χ1v) is 5.14. The van der Waals surface area contributed by atoms with Gasteiger partial charge in [0.1, 0.15) is 0 Å². The Bertz CT molecular complexity index is 217. The molecule has 0 aromatic carbocycles. The zero-order valence-electron chi connectivity index (χ0n) is 8.03. The van der Waals surface area contributed by atoms with Crippen molar-refractivity contribution in [3.63, 3.8) is 0 Å². The molecule has 4 atom stereocenters. The van der Waals surface area contributed by atoms with Crippen LogP contribution in [0.4, 0.5) is 0 Å². The number of carbonyl (C=O) groups excluding carboxylic acids is 1. The molecule has 2 rings (SSSR count). The van der Waals surface area contributed by atoms with Crippen LogP contribution in [0.2, 0.25) is 0 Å². The molecule has 3 nitrogen and oxygen atoms in total. The van der Waals surface area contributed by atoms with Crippen molar-refractivity contribution in [3.8, 4) is 0 Å². The normalized spacial score (nSPS) is 42.3. The molecule has 74 valence electrons. The van der Waals surface area contributed by atoms with Gasteiger partial charge >= 0.3 is 5.97 Å². The first-order valence-electron chi connectivity index (χ1n) is 5.14. The van der Waals surface area contributed by atoms with Crippen LogP contribution in [0.3, 0.4) is 0 Å². The lowest BCUT2D eigenvalue weighted by Crippen LogP contribution is -2.44. The summed E-state index contributed by atoms with van der Waals surface area (Å²) in [6.45, 7) is 2.35. The fourth-order valence-corrected chi connectivity index (χ4v) is 2.73. The number of nitrogens with two attached hydrogens (primary N) is 1. The monoisotopic (exact) mass is 183 g/mol. The summed E-state index contributed by atoms with van der Waals surface area (Å²) in [6, 6.07) is 0.351. The number of hydrogen-bond donors (Lipinski definition) is 1. The summed E-state index contributed by atoms with van der Waals surface area (Å²) in [6.07, 6.45) is 3.09. The highest BCUT2D eigenvalue weighted by molar-refractivity contribution is 5.73. The van der Waals surface area contributed by atoms with Gasteiger partial charge in [-0.3, -0.25) is 4.79 Å². The Kier molecular flexibility index (Phi) is 2.28. The second-order valence-electron chi connectivity index (χ2n) is 4.24. The molecule has 0 spiro atoms. The highest BCUT2D eigenvalue weighted by Crippen LogP contribution is 2.49. The van der Waals surface area contributed by atoms with Crippen molar-refractivity contribution in [2.24, 2.45) is 23.5 Å². The molecular weight excluding hydrogens is 166 g/mol. The largest absolute Gasteiger partial charge is 0.466 e. The van der Waals surface area contributed by atoms with Crippen LogP contribution in [-0.2, 0) is 9.53 Å². The van der Waals surface area contributed by atoms with E-state index in [0.29, 0.717) is 24.5 Å². The summed E-state index contributed by atoms with van der Waals surface area (Å²) in [5.41, 5.74) is 5.85. The van der Waals surface area contributed by atoms with Gasteiger partial charge in [-0.25, -0.2) is 0 Å². The zero-order chi connectivity index (χ0) is 9.42. The third-order valence-electron chi connectivity index (χ3n) is 3.49. The summed E-state index contributed by atoms with van der Waals surface area (Å²) in [5, 5.41) is 0. The Morgan fingerprint density at radius 1 is 1.46 bits per heavy atom. The second-order valence-corrected chi connectivity index (χ2v) is 4.24. The summed E-state index contributed by atoms with van der Waals surface area (Å²) < 4.78 is 5.01. The average Bonchev–Trinajstić information content (AvgIpc) is 2.43. The predicted molar refractivity (Wildman–Crippen MR) is 48.9 cm³/mol. The number of hydrogen-bond acceptors (Lipinski definition) is 3. The Morgan fingerprint density at radius 3 is 2.77 bits per heavy atom. The van der Waals surface area contributed by atoms with Crippen molar-refractivity contribution >= 4 is 5.97 Å². The van der Waals surface area contributed by atoms with Gasteiger partial charge in [-0.2, -0.15) is 0 Å². The van der Waals surface area contributed by atoms with E-state index in [9.17, 15) is 4.79 Å². The standard InChI is InChI=1S/C10H17NO2/c1-2-13-10(12)7-3-6-5-9(11)8(6)4-7/h6-9H,2-5,11H2,1H3/t6-,7?,8-,9-/m1/s1. The Labute approximate surface area is 78.6 Å². The van der Waals surface area contributed by atoms with Crippen LogP contribution < -0.4 is 5.73 Å². The SMILES string of the molecule is CCOC(=O)C1C[C@@H]2C[C@@H](N)[C@@H]2C1. The zero-order valence-corrected chi connectivity index (χ0v) is 8.03. The quantitative estimate of drug-likeness (QED) is 0.648. The highest BCUT2D eigenvalue weighted by atomic mass is 16.5. The molecule has 0 heterocycles. The third-order valence-corrected chi connectivity index (χ3v) is 3.49. The van der Waals surface area contributed by atoms with Crippen molar-refractivity contribution in [1.82, 2.24) is 0 Å². The van der Waals surface area contributed by atoms with Crippen LogP contribution in [0, 0.1) is 17.8 Å². The minimum absolute atomic E-state index is 0.0101. The molecule has 0 amide bonds. The molecule has 2 saturated carbocycles. The van der Waals surface area contributed by atoms with E-state index < -0.39 is 0 Å². The first kappa shape index (κ1) is 9.00. The van der Waals surface area contributed by atoms with Crippen LogP contribution in [0.5, 0.6) is 0 Å². The number of rotatable bonds is 2. The molecule has 0 aromatic rings. The minimum atomic E-state index is -0.0101. The maximum absolute atomic E-state index is 11.4. The summed E-state index contributed by atoms with van der Waals surface area (Å²) in [7, 11) is 0. The Morgan fingerprint density at radius 2 is 2.23 bits per heavy atom. The van der Waals surface area contributed by atoms with Crippen molar-refractivity contribution in [2.75, 3.05) is 6.61 Å². The molecule has 1 unspecified atom stereocenters. The predicted octanol–water partition coefficient (Wildman–Crippen LogP) is 0.923. The van der Waals surface area contributed by atoms with Crippen LogP contribution >= 0.6 is 0 Å². The fourth-order valence-electron chi connectivity index (χ4n) is 2.73. The molecule has 0 aromatic heterocycles. The van der Waals surface area contributed by atoms with Crippen LogP contribution in [-0.4, -0.2) is 18.6 Å². The molecule has 0 saturated heterocycles. The van der Waals surface area contributed by atoms with E-state index in [0.717, 1.165) is 19.3 Å². The molecule has 2 fully saturated rings. The van der Waals surface area contributed by atoms with Crippen molar-refractivity contribution in [1.29, 1.82) is 0 Å². The van der Waals surface area contributed by atoms with Gasteiger partial charge in [-0.05, 0) is 38.0 Å². The van der Waals surface area contributed by atoms with E-state index in [2.05, 4.69) is 0 Å². The number of esters is 1. The molecule has 3 heteroatoms. The van der Waals surface area contributed by atoms with E-state index in [4.69, 9.17) is 10.5 Å². The smallest absolute Gasteiger partial charge is 0.308 e. The topological polar surface area (TPSA) is 52.3 Å². The van der Waals surface area contributed by atoms with E-state index >= 15 is 0 Å². The van der Waals surface area contributed by atoms with Crippen molar-refractivity contribution in [3.05, 3.63) is 0 Å². The van der Waals surface area contributed by atoms with E-state index in [1.165, 1.54) is 0 Å². The Hall–Kier alpha value is -0.570. The van der Waals surface area contributed by atoms with Gasteiger partial charge in [-0.1, -0.05) is 0 Å². The van der Waals surface area contributed by atoms with E-state index in [1.54, 1.807) is 0 Å². The third kappa shape index (κ3) is 1.46. The summed E-state index contributed by atoms with van der Waals surface area (Å²) >= 11 is 0. The molecule has 0 aliphatic heterocycles. The van der Waals surface area contributed by atoms with Gasteiger partial charge < -0.3 is 10.5 Å². The summed E-state index contributed by atoms with van der Waals surface area (Å²) in [5.74, 6) is 1.45. The van der Waals surface area contributed by atoms with Gasteiger partial charge in [0.05, 0.1) is 12.5 Å². The highest BCUT2D eigenvalue weighted by Gasteiger charge is 2.48. The molecule has 0 bridgehead atoms. The molecule has 2 aliphatic rings. The van der Waals surface area contributed by atoms with Gasteiger partial charge in [0, 0.05) is 6.04 Å². The summed E-state index contributed by atoms with van der Waals surface area (Å²) in [4.78, 5) is 11.4. The molecule has 2 N–H and O–H groups in total. The lowest BCUT2D eigenvalue weighted by molar-refractivity contribution is -0.147.